The van der Waals surface area contributed by atoms with Crippen LogP contribution >= 0.6 is 0 Å². The molecule has 0 heterocycles. The molecule has 1 atom stereocenters. The van der Waals surface area contributed by atoms with Gasteiger partial charge in [0.05, 0.1) is 13.7 Å². The Labute approximate surface area is 108 Å². The normalized spacial score (nSPS) is 11.9. The van der Waals surface area contributed by atoms with Gasteiger partial charge in [-0.25, -0.2) is 4.79 Å². The van der Waals surface area contributed by atoms with Crippen molar-refractivity contribution in [2.45, 2.75) is 26.7 Å². The van der Waals surface area contributed by atoms with Crippen LogP contribution in [0.25, 0.3) is 0 Å². The third-order valence-corrected chi connectivity index (χ3v) is 2.75. The Kier molecular flexibility index (Phi) is 5.49. The minimum Gasteiger partial charge on any atom is -0.492 e. The van der Waals surface area contributed by atoms with E-state index < -0.39 is 5.97 Å². The van der Waals surface area contributed by atoms with Crippen molar-refractivity contribution >= 4 is 11.7 Å². The second kappa shape index (κ2) is 6.89. The summed E-state index contributed by atoms with van der Waals surface area (Å²) in [7, 11) is 1.33. The topological polar surface area (TPSA) is 61.5 Å². The molecule has 1 aromatic carbocycles. The first-order chi connectivity index (χ1) is 8.60. The van der Waals surface area contributed by atoms with Gasteiger partial charge in [0.2, 0.25) is 0 Å². The van der Waals surface area contributed by atoms with Crippen LogP contribution < -0.4 is 10.5 Å². The first kappa shape index (κ1) is 14.4. The maximum absolute atomic E-state index is 11.6. The van der Waals surface area contributed by atoms with Crippen LogP contribution in [0.1, 0.15) is 37.0 Å². The Morgan fingerprint density at radius 3 is 2.78 bits per heavy atom. The number of nitrogens with two attached hydrogens (primary N) is 1. The summed E-state index contributed by atoms with van der Waals surface area (Å²) in [5.74, 6) is 0.470. The van der Waals surface area contributed by atoms with Gasteiger partial charge in [-0.2, -0.15) is 0 Å². The number of ether oxygens (including phenoxy) is 2. The number of anilines is 1. The molecule has 0 bridgehead atoms. The number of nitrogen functional groups attached to an aromatic ring is 1. The molecule has 0 aromatic heterocycles. The quantitative estimate of drug-likeness (QED) is 0.623. The zero-order chi connectivity index (χ0) is 13.5. The van der Waals surface area contributed by atoms with Gasteiger partial charge in [0, 0.05) is 5.69 Å². The lowest BCUT2D eigenvalue weighted by atomic mass is 10.1. The van der Waals surface area contributed by atoms with Crippen molar-refractivity contribution in [3.05, 3.63) is 23.8 Å². The minimum absolute atomic E-state index is 0.309. The summed E-state index contributed by atoms with van der Waals surface area (Å²) in [4.78, 5) is 11.6. The van der Waals surface area contributed by atoms with Gasteiger partial charge in [0.25, 0.3) is 0 Å². The number of methoxy groups -OCH3 is 1. The van der Waals surface area contributed by atoms with E-state index in [1.54, 1.807) is 18.2 Å². The fourth-order valence-corrected chi connectivity index (χ4v) is 1.80. The van der Waals surface area contributed by atoms with Crippen molar-refractivity contribution in [2.75, 3.05) is 19.5 Å². The van der Waals surface area contributed by atoms with Gasteiger partial charge < -0.3 is 15.2 Å². The highest BCUT2D eigenvalue weighted by Gasteiger charge is 2.17. The number of hydrogen-bond acceptors (Lipinski definition) is 4. The van der Waals surface area contributed by atoms with E-state index >= 15 is 0 Å². The molecule has 100 valence electrons. The van der Waals surface area contributed by atoms with Gasteiger partial charge in [0.1, 0.15) is 11.3 Å². The van der Waals surface area contributed by atoms with Crippen LogP contribution in [0.4, 0.5) is 5.69 Å². The highest BCUT2D eigenvalue weighted by Crippen LogP contribution is 2.25. The first-order valence-electron chi connectivity index (χ1n) is 6.19. The molecule has 4 nitrogen and oxygen atoms in total. The third-order valence-electron chi connectivity index (χ3n) is 2.75. The van der Waals surface area contributed by atoms with E-state index in [1.807, 2.05) is 0 Å². The molecule has 2 N–H and O–H groups in total. The van der Waals surface area contributed by atoms with Gasteiger partial charge in [-0.05, 0) is 24.5 Å². The highest BCUT2D eigenvalue weighted by molar-refractivity contribution is 5.98. The third kappa shape index (κ3) is 3.65. The molecule has 0 fully saturated rings. The lowest BCUT2D eigenvalue weighted by molar-refractivity contribution is 0.0596. The number of esters is 1. The van der Waals surface area contributed by atoms with Crippen molar-refractivity contribution < 1.29 is 14.3 Å². The summed E-state index contributed by atoms with van der Waals surface area (Å²) in [6.45, 7) is 4.83. The van der Waals surface area contributed by atoms with Crippen molar-refractivity contribution in [2.24, 2.45) is 5.92 Å². The molecule has 1 aromatic rings. The van der Waals surface area contributed by atoms with E-state index in [1.165, 1.54) is 7.11 Å². The Morgan fingerprint density at radius 2 is 2.17 bits per heavy atom. The Balaban J connectivity index is 2.82. The Hall–Kier alpha value is -1.71. The van der Waals surface area contributed by atoms with Crippen LogP contribution in [0.3, 0.4) is 0 Å². The number of rotatable bonds is 6. The summed E-state index contributed by atoms with van der Waals surface area (Å²) >= 11 is 0. The molecule has 0 radical (unpaired) electrons. The standard InChI is InChI=1S/C14H21NO3/c1-4-6-10(2)9-18-12-8-5-7-11(15)13(12)14(16)17-3/h5,7-8,10H,4,6,9,15H2,1-3H3. The van der Waals surface area contributed by atoms with Crippen molar-refractivity contribution in [1.82, 2.24) is 0 Å². The average Bonchev–Trinajstić information content (AvgIpc) is 2.36. The molecule has 0 amide bonds. The van der Waals surface area contributed by atoms with Crippen molar-refractivity contribution in [3.8, 4) is 5.75 Å². The Morgan fingerprint density at radius 1 is 1.44 bits per heavy atom. The van der Waals surface area contributed by atoms with E-state index in [2.05, 4.69) is 13.8 Å². The van der Waals surface area contributed by atoms with Crippen LogP contribution in [-0.4, -0.2) is 19.7 Å². The van der Waals surface area contributed by atoms with Crippen molar-refractivity contribution in [3.63, 3.8) is 0 Å². The summed E-state index contributed by atoms with van der Waals surface area (Å²) in [5.41, 5.74) is 6.47. The van der Waals surface area contributed by atoms with Gasteiger partial charge >= 0.3 is 5.97 Å². The second-order valence-electron chi connectivity index (χ2n) is 4.42. The minimum atomic E-state index is -0.466. The number of carbonyl (C=O) groups excluding carboxylic acids is 1. The molecule has 0 saturated carbocycles. The zero-order valence-corrected chi connectivity index (χ0v) is 11.2. The van der Waals surface area contributed by atoms with Gasteiger partial charge in [0.15, 0.2) is 0 Å². The van der Waals surface area contributed by atoms with E-state index in [0.717, 1.165) is 12.8 Å². The lowest BCUT2D eigenvalue weighted by Crippen LogP contribution is -2.13. The molecular formula is C14H21NO3. The molecule has 0 aliphatic heterocycles. The smallest absolute Gasteiger partial charge is 0.343 e. The molecule has 4 heteroatoms. The SMILES string of the molecule is CCCC(C)COc1cccc(N)c1C(=O)OC. The lowest BCUT2D eigenvalue weighted by Gasteiger charge is -2.15. The number of hydrogen-bond donors (Lipinski definition) is 1. The van der Waals surface area contributed by atoms with Crippen LogP contribution in [0.2, 0.25) is 0 Å². The Bertz CT molecular complexity index is 404. The second-order valence-corrected chi connectivity index (χ2v) is 4.42. The number of carbonyl (C=O) groups is 1. The fourth-order valence-electron chi connectivity index (χ4n) is 1.80. The fraction of sp³-hybridized carbons (Fsp3) is 0.500. The molecule has 18 heavy (non-hydrogen) atoms. The van der Waals surface area contributed by atoms with Crippen LogP contribution in [0.5, 0.6) is 5.75 Å². The average molecular weight is 251 g/mol. The van der Waals surface area contributed by atoms with E-state index in [-0.39, 0.29) is 0 Å². The first-order valence-corrected chi connectivity index (χ1v) is 6.19. The predicted octanol–water partition coefficient (Wildman–Crippen LogP) is 2.87. The van der Waals surface area contributed by atoms with Crippen molar-refractivity contribution in [1.29, 1.82) is 0 Å². The maximum atomic E-state index is 11.6. The predicted molar refractivity (Wildman–Crippen MR) is 71.8 cm³/mol. The summed E-state index contributed by atoms with van der Waals surface area (Å²) in [6.07, 6.45) is 2.21. The van der Waals surface area contributed by atoms with E-state index in [4.69, 9.17) is 15.2 Å². The van der Waals surface area contributed by atoms with Gasteiger partial charge in [-0.1, -0.05) is 26.3 Å². The zero-order valence-electron chi connectivity index (χ0n) is 11.2. The van der Waals surface area contributed by atoms with E-state index in [9.17, 15) is 4.79 Å². The monoisotopic (exact) mass is 251 g/mol. The van der Waals surface area contributed by atoms with Crippen LogP contribution in [0, 0.1) is 5.92 Å². The molecule has 0 aliphatic carbocycles. The molecule has 0 saturated heterocycles. The molecular weight excluding hydrogens is 230 g/mol. The van der Waals surface area contributed by atoms with E-state index in [0.29, 0.717) is 29.5 Å². The van der Waals surface area contributed by atoms with Gasteiger partial charge in [-0.3, -0.25) is 0 Å². The molecule has 1 rings (SSSR count). The van der Waals surface area contributed by atoms with Crippen LogP contribution in [0.15, 0.2) is 18.2 Å². The number of benzene rings is 1. The molecule has 1 unspecified atom stereocenters. The molecule has 0 spiro atoms. The molecule has 0 aliphatic rings. The summed E-state index contributed by atoms with van der Waals surface area (Å²) in [6, 6.07) is 5.16. The van der Waals surface area contributed by atoms with Crippen LogP contribution in [-0.2, 0) is 4.74 Å². The maximum Gasteiger partial charge on any atom is 0.343 e. The summed E-state index contributed by atoms with van der Waals surface area (Å²) < 4.78 is 10.4. The largest absolute Gasteiger partial charge is 0.492 e. The van der Waals surface area contributed by atoms with Gasteiger partial charge in [-0.15, -0.1) is 0 Å². The summed E-state index contributed by atoms with van der Waals surface area (Å²) in [5, 5.41) is 0. The highest BCUT2D eigenvalue weighted by atomic mass is 16.5.